The minimum Gasteiger partial charge on any atom is -0.296 e. The van der Waals surface area contributed by atoms with Gasteiger partial charge in [0.05, 0.1) is 0 Å². The third kappa shape index (κ3) is 1.76. The van der Waals surface area contributed by atoms with Gasteiger partial charge in [0, 0.05) is 11.5 Å². The molecule has 0 bridgehead atoms. The van der Waals surface area contributed by atoms with Gasteiger partial charge in [-0.3, -0.25) is 4.79 Å². The normalized spacial score (nSPS) is 14.8. The first kappa shape index (κ1) is 11.7. The maximum Gasteiger partial charge on any atom is 0.213 e. The van der Waals surface area contributed by atoms with Crippen molar-refractivity contribution in [1.82, 2.24) is 14.6 Å². The van der Waals surface area contributed by atoms with E-state index in [-0.39, 0.29) is 5.82 Å². The van der Waals surface area contributed by atoms with Crippen LogP contribution < -0.4 is 0 Å². The number of hydrogen-bond acceptors (Lipinski definition) is 4. The van der Waals surface area contributed by atoms with E-state index in [2.05, 4.69) is 10.1 Å². The highest BCUT2D eigenvalue weighted by molar-refractivity contribution is 7.16. The van der Waals surface area contributed by atoms with Crippen molar-refractivity contribution in [3.8, 4) is 11.3 Å². The van der Waals surface area contributed by atoms with Crippen molar-refractivity contribution < 1.29 is 9.18 Å². The molecule has 0 unspecified atom stereocenters. The van der Waals surface area contributed by atoms with Crippen molar-refractivity contribution in [1.29, 1.82) is 0 Å². The molecule has 6 heteroatoms. The number of carbonyl (C=O) groups excluding carboxylic acids is 1. The fourth-order valence-corrected chi connectivity index (χ4v) is 3.27. The van der Waals surface area contributed by atoms with Crippen LogP contribution in [0.1, 0.15) is 34.3 Å². The zero-order chi connectivity index (χ0) is 13.7. The Morgan fingerprint density at radius 2 is 2.05 bits per heavy atom. The van der Waals surface area contributed by atoms with Crippen LogP contribution in [0.3, 0.4) is 0 Å². The van der Waals surface area contributed by atoms with Gasteiger partial charge in [-0.25, -0.2) is 9.37 Å². The summed E-state index contributed by atoms with van der Waals surface area (Å²) in [4.78, 5) is 16.6. The Hall–Kier alpha value is -2.08. The molecule has 1 aliphatic carbocycles. The fourth-order valence-electron chi connectivity index (χ4n) is 2.20. The SMILES string of the molecule is O=Cc1c(-c2ccc(F)cc2)nc2sc(C3CC3)nn12. The van der Waals surface area contributed by atoms with Crippen LogP contribution in [0.5, 0.6) is 0 Å². The van der Waals surface area contributed by atoms with Crippen molar-refractivity contribution in [2.24, 2.45) is 0 Å². The average Bonchev–Trinajstić information content (AvgIpc) is 3.13. The van der Waals surface area contributed by atoms with Crippen LogP contribution in [0.4, 0.5) is 4.39 Å². The topological polar surface area (TPSA) is 47.3 Å². The molecule has 0 spiro atoms. The Morgan fingerprint density at radius 3 is 2.70 bits per heavy atom. The van der Waals surface area contributed by atoms with Gasteiger partial charge in [-0.2, -0.15) is 9.61 Å². The molecule has 20 heavy (non-hydrogen) atoms. The third-order valence-corrected chi connectivity index (χ3v) is 4.48. The number of benzene rings is 1. The number of imidazole rings is 1. The van der Waals surface area contributed by atoms with E-state index < -0.39 is 0 Å². The van der Waals surface area contributed by atoms with E-state index in [1.54, 1.807) is 16.6 Å². The maximum atomic E-state index is 13.0. The molecule has 0 saturated heterocycles. The fraction of sp³-hybridized carbons (Fsp3) is 0.214. The number of aromatic nitrogens is 3. The maximum absolute atomic E-state index is 13.0. The molecule has 4 nitrogen and oxygen atoms in total. The Bertz CT molecular complexity index is 802. The molecular weight excluding hydrogens is 277 g/mol. The summed E-state index contributed by atoms with van der Waals surface area (Å²) in [6.45, 7) is 0. The van der Waals surface area contributed by atoms with Crippen LogP contribution in [0.2, 0.25) is 0 Å². The van der Waals surface area contributed by atoms with Crippen LogP contribution in [0.25, 0.3) is 16.2 Å². The van der Waals surface area contributed by atoms with Crippen molar-refractivity contribution in [3.05, 3.63) is 40.8 Å². The number of aldehydes is 1. The second kappa shape index (κ2) is 4.21. The first-order chi connectivity index (χ1) is 9.76. The average molecular weight is 287 g/mol. The highest BCUT2D eigenvalue weighted by Crippen LogP contribution is 2.42. The van der Waals surface area contributed by atoms with Crippen molar-refractivity contribution in [3.63, 3.8) is 0 Å². The van der Waals surface area contributed by atoms with E-state index in [4.69, 9.17) is 0 Å². The summed E-state index contributed by atoms with van der Waals surface area (Å²) >= 11 is 1.52. The lowest BCUT2D eigenvalue weighted by Crippen LogP contribution is -1.94. The number of fused-ring (bicyclic) bond motifs is 1. The van der Waals surface area contributed by atoms with Gasteiger partial charge in [-0.15, -0.1) is 0 Å². The standard InChI is InChI=1S/C14H10FN3OS/c15-10-5-3-8(4-6-10)12-11(7-19)18-14(16-12)20-13(17-18)9-1-2-9/h3-7,9H,1-2H2. The first-order valence-corrected chi connectivity index (χ1v) is 7.18. The van der Waals surface area contributed by atoms with E-state index >= 15 is 0 Å². The molecule has 1 fully saturated rings. The highest BCUT2D eigenvalue weighted by Gasteiger charge is 2.29. The van der Waals surface area contributed by atoms with Gasteiger partial charge >= 0.3 is 0 Å². The van der Waals surface area contributed by atoms with Gasteiger partial charge < -0.3 is 0 Å². The predicted molar refractivity (Wildman–Crippen MR) is 73.6 cm³/mol. The number of hydrogen-bond donors (Lipinski definition) is 0. The predicted octanol–water partition coefficient (Wildman–Crippen LogP) is 3.29. The zero-order valence-electron chi connectivity index (χ0n) is 10.4. The molecule has 1 saturated carbocycles. The molecule has 3 aromatic rings. The Morgan fingerprint density at radius 1 is 1.30 bits per heavy atom. The monoisotopic (exact) mass is 287 g/mol. The molecule has 0 aliphatic heterocycles. The molecule has 0 N–H and O–H groups in total. The van der Waals surface area contributed by atoms with E-state index in [1.807, 2.05) is 0 Å². The number of nitrogens with zero attached hydrogens (tertiary/aromatic N) is 3. The Kier molecular flexibility index (Phi) is 2.47. The first-order valence-electron chi connectivity index (χ1n) is 6.37. The molecule has 2 aromatic heterocycles. The molecule has 1 aliphatic rings. The second-order valence-electron chi connectivity index (χ2n) is 4.88. The lowest BCUT2D eigenvalue weighted by Gasteiger charge is -1.98. The van der Waals surface area contributed by atoms with Crippen LogP contribution in [-0.2, 0) is 0 Å². The van der Waals surface area contributed by atoms with Crippen molar-refractivity contribution in [2.45, 2.75) is 18.8 Å². The van der Waals surface area contributed by atoms with Crippen LogP contribution >= 0.6 is 11.3 Å². The highest BCUT2D eigenvalue weighted by atomic mass is 32.1. The summed E-state index contributed by atoms with van der Waals surface area (Å²) < 4.78 is 14.6. The van der Waals surface area contributed by atoms with Gasteiger partial charge in [0.15, 0.2) is 6.29 Å². The smallest absolute Gasteiger partial charge is 0.213 e. The molecule has 1 aromatic carbocycles. The summed E-state index contributed by atoms with van der Waals surface area (Å²) in [5.74, 6) is 0.229. The molecule has 0 amide bonds. The number of carbonyl (C=O) groups is 1. The lowest BCUT2D eigenvalue weighted by molar-refractivity contribution is 0.111. The summed E-state index contributed by atoms with van der Waals surface area (Å²) in [5.41, 5.74) is 1.70. The molecule has 0 radical (unpaired) electrons. The number of halogens is 1. The zero-order valence-corrected chi connectivity index (χ0v) is 11.2. The molecule has 0 atom stereocenters. The third-order valence-electron chi connectivity index (χ3n) is 3.41. The van der Waals surface area contributed by atoms with Gasteiger partial charge in [-0.1, -0.05) is 11.3 Å². The van der Waals surface area contributed by atoms with E-state index in [0.29, 0.717) is 22.3 Å². The van der Waals surface area contributed by atoms with Crippen LogP contribution in [0, 0.1) is 5.82 Å². The molecule has 100 valence electrons. The van der Waals surface area contributed by atoms with Crippen LogP contribution in [-0.4, -0.2) is 20.9 Å². The Labute approximate surface area is 117 Å². The molecule has 4 rings (SSSR count). The minimum absolute atomic E-state index is 0.309. The van der Waals surface area contributed by atoms with Gasteiger partial charge in [-0.05, 0) is 37.1 Å². The molecular formula is C14H10FN3OS. The van der Waals surface area contributed by atoms with Gasteiger partial charge in [0.2, 0.25) is 4.96 Å². The summed E-state index contributed by atoms with van der Waals surface area (Å²) in [6.07, 6.45) is 3.09. The summed E-state index contributed by atoms with van der Waals surface area (Å²) in [6, 6.07) is 5.97. The second-order valence-corrected chi connectivity index (χ2v) is 5.87. The largest absolute Gasteiger partial charge is 0.296 e. The Balaban J connectivity index is 1.88. The van der Waals surface area contributed by atoms with E-state index in [0.717, 1.165) is 29.7 Å². The summed E-state index contributed by atoms with van der Waals surface area (Å²) in [7, 11) is 0. The van der Waals surface area contributed by atoms with Crippen molar-refractivity contribution in [2.75, 3.05) is 0 Å². The van der Waals surface area contributed by atoms with Gasteiger partial charge in [0.1, 0.15) is 22.2 Å². The van der Waals surface area contributed by atoms with Gasteiger partial charge in [0.25, 0.3) is 0 Å². The quantitative estimate of drug-likeness (QED) is 0.694. The van der Waals surface area contributed by atoms with Crippen LogP contribution in [0.15, 0.2) is 24.3 Å². The van der Waals surface area contributed by atoms with E-state index in [1.165, 1.54) is 23.5 Å². The molecule has 2 heterocycles. The minimum atomic E-state index is -0.309. The number of rotatable bonds is 3. The summed E-state index contributed by atoms with van der Waals surface area (Å²) in [5, 5.41) is 5.52. The van der Waals surface area contributed by atoms with Crippen molar-refractivity contribution >= 4 is 22.6 Å². The lowest BCUT2D eigenvalue weighted by atomic mass is 10.1. The van der Waals surface area contributed by atoms with E-state index in [9.17, 15) is 9.18 Å².